The van der Waals surface area contributed by atoms with Crippen LogP contribution in [0.5, 0.6) is 5.88 Å². The zero-order chi connectivity index (χ0) is 16.9. The van der Waals surface area contributed by atoms with Crippen molar-refractivity contribution in [1.29, 1.82) is 0 Å². The predicted octanol–water partition coefficient (Wildman–Crippen LogP) is 3.71. The van der Waals surface area contributed by atoms with Gasteiger partial charge in [-0.25, -0.2) is 4.98 Å². The first kappa shape index (κ1) is 17.7. The maximum Gasteiger partial charge on any atom is 0.256 e. The molecule has 1 amide bonds. The Morgan fingerprint density at radius 1 is 1.43 bits per heavy atom. The van der Waals surface area contributed by atoms with Gasteiger partial charge in [-0.2, -0.15) is 0 Å². The van der Waals surface area contributed by atoms with E-state index in [1.54, 1.807) is 6.20 Å². The van der Waals surface area contributed by atoms with E-state index in [1.165, 1.54) is 0 Å². The summed E-state index contributed by atoms with van der Waals surface area (Å²) in [4.78, 5) is 17.1. The standard InChI is InChI=1S/C18H28N2O3/c1-5-22-16-14(4)10-15(12-19-16)20-17(21)18(23-6-2)9-7-8-13(3)11-18/h10,12-13H,5-9,11H2,1-4H3,(H,20,21)/t13-,18+/m0/s1. The summed E-state index contributed by atoms with van der Waals surface area (Å²) in [6.07, 6.45) is 5.37. The molecule has 0 unspecified atom stereocenters. The average molecular weight is 320 g/mol. The number of anilines is 1. The Kier molecular flexibility index (Phi) is 5.99. The monoisotopic (exact) mass is 320 g/mol. The minimum Gasteiger partial charge on any atom is -0.478 e. The third kappa shape index (κ3) is 4.22. The first-order chi connectivity index (χ1) is 11.0. The molecular weight excluding hydrogens is 292 g/mol. The summed E-state index contributed by atoms with van der Waals surface area (Å²) in [6, 6.07) is 1.89. The van der Waals surface area contributed by atoms with Gasteiger partial charge in [0.25, 0.3) is 5.91 Å². The Bertz CT molecular complexity index is 543. The zero-order valence-corrected chi connectivity index (χ0v) is 14.6. The number of aryl methyl sites for hydroxylation is 1. The van der Waals surface area contributed by atoms with Crippen molar-refractivity contribution < 1.29 is 14.3 Å². The van der Waals surface area contributed by atoms with Gasteiger partial charge < -0.3 is 14.8 Å². The second-order valence-corrected chi connectivity index (χ2v) is 6.36. The van der Waals surface area contributed by atoms with Gasteiger partial charge in [0.15, 0.2) is 0 Å². The van der Waals surface area contributed by atoms with Crippen molar-refractivity contribution in [3.05, 3.63) is 17.8 Å². The van der Waals surface area contributed by atoms with E-state index in [0.717, 1.165) is 31.2 Å². The average Bonchev–Trinajstić information content (AvgIpc) is 2.50. The highest BCUT2D eigenvalue weighted by Gasteiger charge is 2.42. The molecule has 0 spiro atoms. The van der Waals surface area contributed by atoms with Crippen molar-refractivity contribution in [3.63, 3.8) is 0 Å². The maximum atomic E-state index is 12.9. The molecule has 1 aliphatic rings. The Hall–Kier alpha value is -1.62. The SMILES string of the molecule is CCOc1ncc(NC(=O)[C@@]2(OCC)CCC[C@H](C)C2)cc1C. The molecule has 23 heavy (non-hydrogen) atoms. The van der Waals surface area contributed by atoms with Crippen molar-refractivity contribution in [2.45, 2.75) is 59.0 Å². The highest BCUT2D eigenvalue weighted by atomic mass is 16.5. The summed E-state index contributed by atoms with van der Waals surface area (Å²) in [5.74, 6) is 1.05. The lowest BCUT2D eigenvalue weighted by atomic mass is 9.78. The van der Waals surface area contributed by atoms with Gasteiger partial charge in [-0.15, -0.1) is 0 Å². The number of rotatable bonds is 6. The minimum atomic E-state index is -0.709. The molecule has 0 aromatic carbocycles. The van der Waals surface area contributed by atoms with E-state index in [1.807, 2.05) is 26.8 Å². The number of pyridine rings is 1. The first-order valence-corrected chi connectivity index (χ1v) is 8.55. The Balaban J connectivity index is 2.13. The summed E-state index contributed by atoms with van der Waals surface area (Å²) >= 11 is 0. The van der Waals surface area contributed by atoms with Crippen LogP contribution >= 0.6 is 0 Å². The summed E-state index contributed by atoms with van der Waals surface area (Å²) in [5.41, 5.74) is 0.888. The van der Waals surface area contributed by atoms with Gasteiger partial charge in [0.2, 0.25) is 5.88 Å². The van der Waals surface area contributed by atoms with Gasteiger partial charge in [-0.1, -0.05) is 13.3 Å². The largest absolute Gasteiger partial charge is 0.478 e. The molecule has 0 saturated heterocycles. The lowest BCUT2D eigenvalue weighted by Crippen LogP contribution is -2.48. The zero-order valence-electron chi connectivity index (χ0n) is 14.6. The smallest absolute Gasteiger partial charge is 0.256 e. The maximum absolute atomic E-state index is 12.9. The van der Waals surface area contributed by atoms with Crippen molar-refractivity contribution in [3.8, 4) is 5.88 Å². The lowest BCUT2D eigenvalue weighted by molar-refractivity contribution is -0.147. The molecule has 1 aliphatic carbocycles. The molecule has 2 atom stereocenters. The van der Waals surface area contributed by atoms with E-state index in [9.17, 15) is 4.79 Å². The quantitative estimate of drug-likeness (QED) is 0.868. The summed E-state index contributed by atoms with van der Waals surface area (Å²) in [7, 11) is 0. The fourth-order valence-corrected chi connectivity index (χ4v) is 3.35. The van der Waals surface area contributed by atoms with Crippen molar-refractivity contribution in [2.75, 3.05) is 18.5 Å². The molecule has 2 rings (SSSR count). The van der Waals surface area contributed by atoms with Crippen molar-refractivity contribution >= 4 is 11.6 Å². The van der Waals surface area contributed by atoms with Crippen molar-refractivity contribution in [2.24, 2.45) is 5.92 Å². The van der Waals surface area contributed by atoms with E-state index in [2.05, 4.69) is 17.2 Å². The normalized spacial score (nSPS) is 24.3. The molecule has 5 heteroatoms. The van der Waals surface area contributed by atoms with Gasteiger partial charge >= 0.3 is 0 Å². The number of nitrogens with one attached hydrogen (secondary N) is 1. The Morgan fingerprint density at radius 2 is 2.22 bits per heavy atom. The third-order valence-corrected chi connectivity index (χ3v) is 4.36. The number of carbonyl (C=O) groups excluding carboxylic acids is 1. The number of hydrogen-bond acceptors (Lipinski definition) is 4. The van der Waals surface area contributed by atoms with Gasteiger partial charge in [-0.05, 0) is 52.0 Å². The Morgan fingerprint density at radius 3 is 2.83 bits per heavy atom. The molecule has 1 fully saturated rings. The van der Waals surface area contributed by atoms with E-state index >= 15 is 0 Å². The van der Waals surface area contributed by atoms with Crippen molar-refractivity contribution in [1.82, 2.24) is 4.98 Å². The van der Waals surface area contributed by atoms with Crippen LogP contribution in [0.4, 0.5) is 5.69 Å². The number of amides is 1. The fourth-order valence-electron chi connectivity index (χ4n) is 3.35. The lowest BCUT2D eigenvalue weighted by Gasteiger charge is -2.38. The molecule has 1 heterocycles. The molecule has 128 valence electrons. The van der Waals surface area contributed by atoms with Crippen LogP contribution in [0, 0.1) is 12.8 Å². The van der Waals surface area contributed by atoms with Crippen LogP contribution in [0.3, 0.4) is 0 Å². The molecule has 0 aliphatic heterocycles. The van der Waals surface area contributed by atoms with Crippen LogP contribution in [-0.2, 0) is 9.53 Å². The van der Waals surface area contributed by atoms with Gasteiger partial charge in [0.05, 0.1) is 18.5 Å². The second kappa shape index (κ2) is 7.77. The summed E-state index contributed by atoms with van der Waals surface area (Å²) < 4.78 is 11.3. The molecule has 1 aromatic heterocycles. The van der Waals surface area contributed by atoms with E-state index < -0.39 is 5.60 Å². The fraction of sp³-hybridized carbons (Fsp3) is 0.667. The number of ether oxygens (including phenoxy) is 2. The topological polar surface area (TPSA) is 60.5 Å². The van der Waals surface area contributed by atoms with Crippen LogP contribution in [0.15, 0.2) is 12.3 Å². The molecule has 5 nitrogen and oxygen atoms in total. The van der Waals surface area contributed by atoms with Crippen LogP contribution in [0.1, 0.15) is 52.0 Å². The summed E-state index contributed by atoms with van der Waals surface area (Å²) in [6.45, 7) is 9.09. The highest BCUT2D eigenvalue weighted by molar-refractivity contribution is 5.97. The second-order valence-electron chi connectivity index (χ2n) is 6.36. The number of carbonyl (C=O) groups is 1. The van der Waals surface area contributed by atoms with Gasteiger partial charge in [-0.3, -0.25) is 4.79 Å². The van der Waals surface area contributed by atoms with Crippen LogP contribution < -0.4 is 10.1 Å². The van der Waals surface area contributed by atoms with Gasteiger partial charge in [0, 0.05) is 12.2 Å². The molecule has 0 bridgehead atoms. The summed E-state index contributed by atoms with van der Waals surface area (Å²) in [5, 5.41) is 2.99. The highest BCUT2D eigenvalue weighted by Crippen LogP contribution is 2.36. The van der Waals surface area contributed by atoms with Crippen LogP contribution in [0.25, 0.3) is 0 Å². The number of hydrogen-bond donors (Lipinski definition) is 1. The minimum absolute atomic E-state index is 0.0590. The molecule has 1 aromatic rings. The van der Waals surface area contributed by atoms with Gasteiger partial charge in [0.1, 0.15) is 5.60 Å². The van der Waals surface area contributed by atoms with Crippen LogP contribution in [0.2, 0.25) is 0 Å². The van der Waals surface area contributed by atoms with E-state index in [-0.39, 0.29) is 5.91 Å². The molecule has 0 radical (unpaired) electrons. The number of aromatic nitrogens is 1. The first-order valence-electron chi connectivity index (χ1n) is 8.55. The van der Waals surface area contributed by atoms with Crippen LogP contribution in [-0.4, -0.2) is 29.7 Å². The molecule has 1 N–H and O–H groups in total. The Labute approximate surface area is 138 Å². The molecular formula is C18H28N2O3. The van der Waals surface area contributed by atoms with E-state index in [4.69, 9.17) is 9.47 Å². The molecule has 1 saturated carbocycles. The number of nitrogens with zero attached hydrogens (tertiary/aromatic N) is 1. The third-order valence-electron chi connectivity index (χ3n) is 4.36. The van der Waals surface area contributed by atoms with E-state index in [0.29, 0.717) is 30.7 Å². The predicted molar refractivity (Wildman–Crippen MR) is 90.8 cm³/mol.